The number of halogens is 1. The first-order chi connectivity index (χ1) is 3.30. The summed E-state index contributed by atoms with van der Waals surface area (Å²) >= 11 is 0. The molecule has 0 aromatic heterocycles. The number of rotatable bonds is 1. The van der Waals surface area contributed by atoms with Crippen LogP contribution in [-0.4, -0.2) is 19.4 Å². The zero-order chi connectivity index (χ0) is 5.28. The SMILES string of the molecule is CC(F)C1COC1. The highest BCUT2D eigenvalue weighted by molar-refractivity contribution is 4.70. The Morgan fingerprint density at radius 1 is 1.71 bits per heavy atom. The fourth-order valence-corrected chi connectivity index (χ4v) is 0.519. The minimum Gasteiger partial charge on any atom is -0.380 e. The van der Waals surface area contributed by atoms with Crippen LogP contribution in [0.5, 0.6) is 0 Å². The van der Waals surface area contributed by atoms with Gasteiger partial charge in [-0.1, -0.05) is 0 Å². The minimum atomic E-state index is -0.672. The summed E-state index contributed by atoms with van der Waals surface area (Å²) in [5.41, 5.74) is 0. The van der Waals surface area contributed by atoms with Gasteiger partial charge in [0, 0.05) is 5.92 Å². The Morgan fingerprint density at radius 2 is 2.29 bits per heavy atom. The molecule has 0 amide bonds. The molecule has 1 unspecified atom stereocenters. The second-order valence-corrected chi connectivity index (χ2v) is 1.98. The summed E-state index contributed by atoms with van der Waals surface area (Å²) in [5, 5.41) is 0. The molecule has 0 radical (unpaired) electrons. The standard InChI is InChI=1S/C5H9FO/c1-4(6)5-2-7-3-5/h4-5H,2-3H2,1H3. The van der Waals surface area contributed by atoms with Gasteiger partial charge in [0.1, 0.15) is 6.17 Å². The van der Waals surface area contributed by atoms with Crippen LogP contribution in [-0.2, 0) is 4.74 Å². The van der Waals surface area contributed by atoms with Crippen LogP contribution < -0.4 is 0 Å². The lowest BCUT2D eigenvalue weighted by atomic mass is 10.0. The van der Waals surface area contributed by atoms with Crippen molar-refractivity contribution in [1.29, 1.82) is 0 Å². The van der Waals surface area contributed by atoms with Crippen molar-refractivity contribution >= 4 is 0 Å². The van der Waals surface area contributed by atoms with Gasteiger partial charge in [0.05, 0.1) is 13.2 Å². The highest BCUT2D eigenvalue weighted by Gasteiger charge is 2.24. The van der Waals surface area contributed by atoms with E-state index in [1.54, 1.807) is 6.92 Å². The summed E-state index contributed by atoms with van der Waals surface area (Å²) in [4.78, 5) is 0. The first-order valence-electron chi connectivity index (χ1n) is 2.52. The van der Waals surface area contributed by atoms with E-state index >= 15 is 0 Å². The second-order valence-electron chi connectivity index (χ2n) is 1.98. The summed E-state index contributed by atoms with van der Waals surface area (Å²) in [6.07, 6.45) is -0.672. The molecule has 1 rings (SSSR count). The number of hydrogen-bond acceptors (Lipinski definition) is 1. The Balaban J connectivity index is 2.14. The van der Waals surface area contributed by atoms with Gasteiger partial charge in [-0.2, -0.15) is 0 Å². The normalized spacial score (nSPS) is 26.6. The number of alkyl halides is 1. The van der Waals surface area contributed by atoms with Crippen molar-refractivity contribution in [2.24, 2.45) is 5.92 Å². The number of hydrogen-bond donors (Lipinski definition) is 0. The van der Waals surface area contributed by atoms with Crippen molar-refractivity contribution in [3.63, 3.8) is 0 Å². The predicted molar refractivity (Wildman–Crippen MR) is 24.9 cm³/mol. The fourth-order valence-electron chi connectivity index (χ4n) is 0.519. The second kappa shape index (κ2) is 1.78. The van der Waals surface area contributed by atoms with Crippen LogP contribution in [0, 0.1) is 5.92 Å². The lowest BCUT2D eigenvalue weighted by Gasteiger charge is -2.26. The number of ether oxygens (including phenoxy) is 1. The van der Waals surface area contributed by atoms with Gasteiger partial charge in [0.25, 0.3) is 0 Å². The van der Waals surface area contributed by atoms with E-state index in [2.05, 4.69) is 0 Å². The van der Waals surface area contributed by atoms with Crippen LogP contribution in [0.15, 0.2) is 0 Å². The van der Waals surface area contributed by atoms with Crippen molar-refractivity contribution in [2.45, 2.75) is 13.1 Å². The largest absolute Gasteiger partial charge is 0.380 e. The molecule has 0 aromatic rings. The Hall–Kier alpha value is -0.110. The molecule has 1 aliphatic heterocycles. The summed E-state index contributed by atoms with van der Waals surface area (Å²) in [6.45, 7) is 2.82. The zero-order valence-corrected chi connectivity index (χ0v) is 4.36. The van der Waals surface area contributed by atoms with E-state index in [0.29, 0.717) is 13.2 Å². The molecule has 0 saturated carbocycles. The van der Waals surface area contributed by atoms with E-state index in [-0.39, 0.29) is 5.92 Å². The quantitative estimate of drug-likeness (QED) is 0.482. The van der Waals surface area contributed by atoms with Crippen LogP contribution in [0.4, 0.5) is 4.39 Å². The maximum Gasteiger partial charge on any atom is 0.105 e. The average Bonchev–Trinajstić information content (AvgIpc) is 1.23. The third kappa shape index (κ3) is 0.911. The molecule has 2 heteroatoms. The summed E-state index contributed by atoms with van der Waals surface area (Å²) in [5.74, 6) is 0.194. The molecule has 1 heterocycles. The molecule has 1 atom stereocenters. The van der Waals surface area contributed by atoms with Gasteiger partial charge in [0.2, 0.25) is 0 Å². The summed E-state index contributed by atoms with van der Waals surface area (Å²) in [7, 11) is 0. The first-order valence-corrected chi connectivity index (χ1v) is 2.52. The Bertz CT molecular complexity index is 59.1. The Kier molecular flexibility index (Phi) is 1.28. The maximum atomic E-state index is 12.1. The molecule has 0 aliphatic carbocycles. The lowest BCUT2D eigenvalue weighted by Crippen LogP contribution is -2.33. The van der Waals surface area contributed by atoms with Gasteiger partial charge < -0.3 is 4.74 Å². The van der Waals surface area contributed by atoms with Gasteiger partial charge in [-0.15, -0.1) is 0 Å². The van der Waals surface area contributed by atoms with Crippen molar-refractivity contribution < 1.29 is 9.13 Å². The van der Waals surface area contributed by atoms with Crippen molar-refractivity contribution in [2.75, 3.05) is 13.2 Å². The monoisotopic (exact) mass is 104 g/mol. The van der Waals surface area contributed by atoms with E-state index in [9.17, 15) is 4.39 Å². The van der Waals surface area contributed by atoms with Crippen molar-refractivity contribution in [3.05, 3.63) is 0 Å². The highest BCUT2D eigenvalue weighted by atomic mass is 19.1. The van der Waals surface area contributed by atoms with Crippen LogP contribution in [0.2, 0.25) is 0 Å². The van der Waals surface area contributed by atoms with Crippen molar-refractivity contribution in [3.8, 4) is 0 Å². The van der Waals surface area contributed by atoms with E-state index in [0.717, 1.165) is 0 Å². The minimum absolute atomic E-state index is 0.194. The predicted octanol–water partition coefficient (Wildman–Crippen LogP) is 0.991. The molecule has 0 N–H and O–H groups in total. The lowest BCUT2D eigenvalue weighted by molar-refractivity contribution is -0.0638. The topological polar surface area (TPSA) is 9.23 Å². The molecule has 1 aliphatic rings. The Morgan fingerprint density at radius 3 is 2.29 bits per heavy atom. The highest BCUT2D eigenvalue weighted by Crippen LogP contribution is 2.16. The third-order valence-electron chi connectivity index (χ3n) is 1.31. The van der Waals surface area contributed by atoms with E-state index < -0.39 is 6.17 Å². The maximum absolute atomic E-state index is 12.1. The average molecular weight is 104 g/mol. The molecule has 1 saturated heterocycles. The molecule has 0 bridgehead atoms. The smallest absolute Gasteiger partial charge is 0.105 e. The van der Waals surface area contributed by atoms with Gasteiger partial charge in [-0.05, 0) is 6.92 Å². The molecular weight excluding hydrogens is 95.1 g/mol. The first kappa shape index (κ1) is 5.04. The molecular formula is C5H9FO. The van der Waals surface area contributed by atoms with Crippen molar-refractivity contribution in [1.82, 2.24) is 0 Å². The van der Waals surface area contributed by atoms with Gasteiger partial charge in [-0.3, -0.25) is 0 Å². The molecule has 1 fully saturated rings. The summed E-state index contributed by atoms with van der Waals surface area (Å²) < 4.78 is 16.8. The zero-order valence-electron chi connectivity index (χ0n) is 4.36. The third-order valence-corrected chi connectivity index (χ3v) is 1.31. The molecule has 0 spiro atoms. The van der Waals surface area contributed by atoms with Crippen LogP contribution in [0.1, 0.15) is 6.92 Å². The molecule has 1 nitrogen and oxygen atoms in total. The Labute approximate surface area is 42.5 Å². The molecule has 0 aromatic carbocycles. The van der Waals surface area contributed by atoms with E-state index in [1.165, 1.54) is 0 Å². The van der Waals surface area contributed by atoms with Gasteiger partial charge in [0.15, 0.2) is 0 Å². The van der Waals surface area contributed by atoms with Gasteiger partial charge >= 0.3 is 0 Å². The summed E-state index contributed by atoms with van der Waals surface area (Å²) in [6, 6.07) is 0. The fraction of sp³-hybridized carbons (Fsp3) is 1.00. The van der Waals surface area contributed by atoms with Crippen LogP contribution in [0.25, 0.3) is 0 Å². The van der Waals surface area contributed by atoms with E-state index in [4.69, 9.17) is 4.74 Å². The van der Waals surface area contributed by atoms with E-state index in [1.807, 2.05) is 0 Å². The van der Waals surface area contributed by atoms with Crippen LogP contribution >= 0.6 is 0 Å². The molecule has 7 heavy (non-hydrogen) atoms. The molecule has 42 valence electrons. The van der Waals surface area contributed by atoms with Crippen LogP contribution in [0.3, 0.4) is 0 Å². The van der Waals surface area contributed by atoms with Gasteiger partial charge in [-0.25, -0.2) is 4.39 Å².